The first-order valence-corrected chi connectivity index (χ1v) is 8.15. The van der Waals surface area contributed by atoms with Crippen LogP contribution >= 0.6 is 11.6 Å². The maximum absolute atomic E-state index is 11.5. The van der Waals surface area contributed by atoms with E-state index in [0.717, 1.165) is 0 Å². The van der Waals surface area contributed by atoms with Crippen LogP contribution in [0.25, 0.3) is 22.1 Å². The van der Waals surface area contributed by atoms with Gasteiger partial charge in [0.15, 0.2) is 0 Å². The summed E-state index contributed by atoms with van der Waals surface area (Å²) in [7, 11) is 3.01. The van der Waals surface area contributed by atoms with E-state index in [1.165, 1.54) is 26.5 Å². The second-order valence-electron chi connectivity index (χ2n) is 5.31. The number of fused-ring (bicyclic) bond motifs is 2. The lowest BCUT2D eigenvalue weighted by Crippen LogP contribution is -2.05. The Morgan fingerprint density at radius 1 is 0.852 bits per heavy atom. The molecule has 0 aliphatic heterocycles. The molecule has 4 rings (SSSR count). The van der Waals surface area contributed by atoms with Gasteiger partial charge in [0.25, 0.3) is 0 Å². The van der Waals surface area contributed by atoms with Crippen LogP contribution in [0.4, 0.5) is 0 Å². The van der Waals surface area contributed by atoms with Gasteiger partial charge in [0.1, 0.15) is 16.1 Å². The van der Waals surface area contributed by atoms with E-state index in [2.05, 4.69) is 19.9 Å². The second kappa shape index (κ2) is 7.88. The van der Waals surface area contributed by atoms with Crippen molar-refractivity contribution < 1.29 is 9.47 Å². The predicted molar refractivity (Wildman–Crippen MR) is 103 cm³/mol. The first-order valence-electron chi connectivity index (χ1n) is 7.78. The fraction of sp³-hybridized carbons (Fsp3) is 0.111. The van der Waals surface area contributed by atoms with Crippen LogP contribution in [0.3, 0.4) is 0 Å². The van der Waals surface area contributed by atoms with Crippen LogP contribution in [0.5, 0.6) is 11.8 Å². The number of H-pyrrole nitrogens is 2. The summed E-state index contributed by atoms with van der Waals surface area (Å²) in [5.74, 6) is 0.842. The van der Waals surface area contributed by atoms with Crippen LogP contribution in [-0.4, -0.2) is 34.2 Å². The van der Waals surface area contributed by atoms with Crippen LogP contribution in [0.15, 0.2) is 52.3 Å². The minimum Gasteiger partial charge on any atom is -0.481 e. The van der Waals surface area contributed by atoms with Crippen molar-refractivity contribution in [2.45, 2.75) is 0 Å². The number of hydrogen-bond acceptors (Lipinski definition) is 6. The van der Waals surface area contributed by atoms with Gasteiger partial charge in [-0.3, -0.25) is 9.59 Å². The van der Waals surface area contributed by atoms with E-state index >= 15 is 0 Å². The molecule has 0 amide bonds. The van der Waals surface area contributed by atoms with E-state index in [1.54, 1.807) is 30.5 Å². The van der Waals surface area contributed by atoms with Crippen molar-refractivity contribution >= 4 is 33.7 Å². The van der Waals surface area contributed by atoms with Crippen LogP contribution in [-0.2, 0) is 0 Å². The molecule has 0 bridgehead atoms. The Morgan fingerprint density at radius 3 is 2.07 bits per heavy atom. The lowest BCUT2D eigenvalue weighted by atomic mass is 10.3. The van der Waals surface area contributed by atoms with Crippen LogP contribution in [0.1, 0.15) is 0 Å². The lowest BCUT2D eigenvalue weighted by Gasteiger charge is -2.00. The molecule has 8 nitrogen and oxygen atoms in total. The summed E-state index contributed by atoms with van der Waals surface area (Å²) in [6.45, 7) is 0. The molecule has 4 aromatic heterocycles. The molecule has 0 spiro atoms. The fourth-order valence-electron chi connectivity index (χ4n) is 2.31. The Balaban J connectivity index is 0.000000156. The molecular formula is C18H15ClN4O4. The third-order valence-electron chi connectivity index (χ3n) is 3.65. The number of methoxy groups -OCH3 is 2. The second-order valence-corrected chi connectivity index (χ2v) is 5.71. The molecule has 27 heavy (non-hydrogen) atoms. The average molecular weight is 387 g/mol. The van der Waals surface area contributed by atoms with Crippen molar-refractivity contribution in [3.8, 4) is 11.8 Å². The van der Waals surface area contributed by atoms with Gasteiger partial charge in [0, 0.05) is 30.6 Å². The first-order chi connectivity index (χ1) is 13.0. The molecule has 0 unspecified atom stereocenters. The molecule has 0 aliphatic carbocycles. The zero-order valence-corrected chi connectivity index (χ0v) is 15.2. The van der Waals surface area contributed by atoms with Crippen LogP contribution in [0, 0.1) is 0 Å². The van der Waals surface area contributed by atoms with Gasteiger partial charge < -0.3 is 19.4 Å². The van der Waals surface area contributed by atoms with Gasteiger partial charge in [0.2, 0.25) is 22.6 Å². The number of halogens is 1. The smallest absolute Gasteiger partial charge is 0.226 e. The van der Waals surface area contributed by atoms with Gasteiger partial charge in [-0.15, -0.1) is 0 Å². The van der Waals surface area contributed by atoms with Gasteiger partial charge in [-0.1, -0.05) is 11.6 Å². The maximum atomic E-state index is 11.5. The van der Waals surface area contributed by atoms with Crippen molar-refractivity contribution in [3.05, 3.63) is 68.2 Å². The molecule has 0 aromatic carbocycles. The van der Waals surface area contributed by atoms with Crippen molar-refractivity contribution in [2.75, 3.05) is 14.2 Å². The monoisotopic (exact) mass is 386 g/mol. The number of nitrogens with one attached hydrogen (secondary N) is 2. The topological polar surface area (TPSA) is 110 Å². The van der Waals surface area contributed by atoms with Crippen molar-refractivity contribution in [3.63, 3.8) is 0 Å². The summed E-state index contributed by atoms with van der Waals surface area (Å²) in [4.78, 5) is 36.7. The number of aromatic nitrogens is 4. The Morgan fingerprint density at radius 2 is 1.44 bits per heavy atom. The lowest BCUT2D eigenvalue weighted by molar-refractivity contribution is 0.399. The molecular weight excluding hydrogens is 372 g/mol. The largest absolute Gasteiger partial charge is 0.481 e. The van der Waals surface area contributed by atoms with Gasteiger partial charge in [-0.05, 0) is 12.1 Å². The third kappa shape index (κ3) is 3.90. The third-order valence-corrected chi connectivity index (χ3v) is 3.93. The van der Waals surface area contributed by atoms with Gasteiger partial charge in [0.05, 0.1) is 25.3 Å². The quantitative estimate of drug-likeness (QED) is 0.547. The van der Waals surface area contributed by atoms with Crippen LogP contribution < -0.4 is 20.3 Å². The van der Waals surface area contributed by atoms with Gasteiger partial charge >= 0.3 is 0 Å². The highest BCUT2D eigenvalue weighted by atomic mass is 35.5. The summed E-state index contributed by atoms with van der Waals surface area (Å²) in [6.07, 6.45) is 3.04. The average Bonchev–Trinajstić information content (AvgIpc) is 2.71. The van der Waals surface area contributed by atoms with E-state index in [0.29, 0.717) is 28.3 Å². The Bertz CT molecular complexity index is 1220. The Labute approximate surface area is 157 Å². The molecule has 0 saturated carbocycles. The zero-order chi connectivity index (χ0) is 19.4. The van der Waals surface area contributed by atoms with E-state index in [9.17, 15) is 9.59 Å². The van der Waals surface area contributed by atoms with E-state index < -0.39 is 0 Å². The summed E-state index contributed by atoms with van der Waals surface area (Å²) in [6, 6.07) is 8.31. The predicted octanol–water partition coefficient (Wildman–Crippen LogP) is 2.52. The minimum atomic E-state index is -0.292. The number of aromatic amines is 2. The number of ether oxygens (including phenoxy) is 2. The number of rotatable bonds is 2. The van der Waals surface area contributed by atoms with Crippen molar-refractivity contribution in [1.29, 1.82) is 0 Å². The van der Waals surface area contributed by atoms with E-state index in [1.807, 2.05) is 0 Å². The standard InChI is InChI=1S/C9H7ClN2O2.C9H8N2O2/c1-14-7-3-2-6-8(12-7)9(13)5(10)4-11-6;1-13-8-3-2-6-9(11-8)7(12)4-5-10-6/h2-4H,1H3,(H,11,13);2-5H,1H3,(H,10,12). The highest BCUT2D eigenvalue weighted by Crippen LogP contribution is 2.13. The molecule has 0 radical (unpaired) electrons. The molecule has 138 valence electrons. The number of pyridine rings is 4. The molecule has 0 saturated heterocycles. The molecule has 4 heterocycles. The highest BCUT2D eigenvalue weighted by Gasteiger charge is 2.05. The van der Waals surface area contributed by atoms with Gasteiger partial charge in [-0.2, -0.15) is 0 Å². The molecule has 4 aromatic rings. The van der Waals surface area contributed by atoms with E-state index in [4.69, 9.17) is 21.1 Å². The molecule has 0 fully saturated rings. The van der Waals surface area contributed by atoms with E-state index in [-0.39, 0.29) is 21.4 Å². The summed E-state index contributed by atoms with van der Waals surface area (Å²) < 4.78 is 9.82. The first kappa shape index (κ1) is 18.4. The van der Waals surface area contributed by atoms with Crippen molar-refractivity contribution in [2.24, 2.45) is 0 Å². The SMILES string of the molecule is COc1ccc2[nH]cc(Cl)c(=O)c2n1.COc1ccc2[nH]ccc(=O)c2n1. The fourth-order valence-corrected chi connectivity index (χ4v) is 2.45. The Kier molecular flexibility index (Phi) is 5.37. The van der Waals surface area contributed by atoms with Gasteiger partial charge in [-0.25, -0.2) is 9.97 Å². The Hall–Kier alpha value is -3.39. The molecule has 9 heteroatoms. The minimum absolute atomic E-state index is 0.104. The summed E-state index contributed by atoms with van der Waals surface area (Å²) in [5, 5.41) is 0.123. The van der Waals surface area contributed by atoms with Crippen LogP contribution in [0.2, 0.25) is 5.02 Å². The summed E-state index contributed by atoms with van der Waals surface area (Å²) in [5.41, 5.74) is 1.65. The maximum Gasteiger partial charge on any atom is 0.226 e. The highest BCUT2D eigenvalue weighted by molar-refractivity contribution is 6.30. The number of nitrogens with zero attached hydrogens (tertiary/aromatic N) is 2. The number of hydrogen-bond donors (Lipinski definition) is 2. The molecule has 0 atom stereocenters. The van der Waals surface area contributed by atoms with Crippen molar-refractivity contribution in [1.82, 2.24) is 19.9 Å². The zero-order valence-electron chi connectivity index (χ0n) is 14.4. The normalized spacial score (nSPS) is 10.3. The molecule has 2 N–H and O–H groups in total. The summed E-state index contributed by atoms with van der Waals surface area (Å²) >= 11 is 5.66. The molecule has 0 aliphatic rings.